The van der Waals surface area contributed by atoms with Crippen LogP contribution in [0.4, 0.5) is 17.1 Å². The number of hydrazone groups is 1. The monoisotopic (exact) mass is 574 g/mol. The lowest BCUT2D eigenvalue weighted by Crippen LogP contribution is -2.35. The van der Waals surface area contributed by atoms with E-state index in [-0.39, 0.29) is 16.5 Å². The van der Waals surface area contributed by atoms with Gasteiger partial charge in [-0.25, -0.2) is 8.42 Å². The Balaban J connectivity index is 1.36. The molecule has 1 heterocycles. The van der Waals surface area contributed by atoms with Crippen molar-refractivity contribution in [3.05, 3.63) is 78.4 Å². The van der Waals surface area contributed by atoms with Crippen LogP contribution in [-0.4, -0.2) is 49.9 Å². The molecule has 11 nitrogen and oxygen atoms in total. The maximum absolute atomic E-state index is 13.0. The highest BCUT2D eigenvalue weighted by Gasteiger charge is 2.26. The van der Waals surface area contributed by atoms with Crippen molar-refractivity contribution in [3.63, 3.8) is 0 Å². The summed E-state index contributed by atoms with van der Waals surface area (Å²) in [6, 6.07) is 21.0. The van der Waals surface area contributed by atoms with Gasteiger partial charge in [-0.3, -0.25) is 15.0 Å². The van der Waals surface area contributed by atoms with Crippen LogP contribution < -0.4 is 20.8 Å². The van der Waals surface area contributed by atoms with Gasteiger partial charge in [0.2, 0.25) is 15.7 Å². The summed E-state index contributed by atoms with van der Waals surface area (Å²) in [6.07, 6.45) is 2.62. The van der Waals surface area contributed by atoms with Crippen LogP contribution in [0.15, 0.2) is 82.8 Å². The molecule has 41 heavy (non-hydrogen) atoms. The third kappa shape index (κ3) is 7.69. The van der Waals surface area contributed by atoms with E-state index in [1.165, 1.54) is 28.6 Å². The molecule has 3 aromatic carbocycles. The van der Waals surface area contributed by atoms with E-state index in [1.54, 1.807) is 54.6 Å². The van der Waals surface area contributed by atoms with Crippen LogP contribution in [0, 0.1) is 11.3 Å². The van der Waals surface area contributed by atoms with Crippen molar-refractivity contribution in [2.24, 2.45) is 5.10 Å². The highest BCUT2D eigenvalue weighted by atomic mass is 32.2. The molecule has 0 radical (unpaired) electrons. The summed E-state index contributed by atoms with van der Waals surface area (Å²) in [5, 5.41) is 18.7. The van der Waals surface area contributed by atoms with Gasteiger partial charge < -0.3 is 15.4 Å². The largest absolute Gasteiger partial charge is 0.494 e. The van der Waals surface area contributed by atoms with Gasteiger partial charge in [-0.1, -0.05) is 12.5 Å². The van der Waals surface area contributed by atoms with E-state index in [9.17, 15) is 23.3 Å². The number of carbonyl (C=O) groups excluding carboxylic acids is 2. The highest BCUT2D eigenvalue weighted by molar-refractivity contribution is 7.89. The first kappa shape index (κ1) is 29.3. The van der Waals surface area contributed by atoms with Crippen molar-refractivity contribution in [2.75, 3.05) is 35.8 Å². The zero-order valence-electron chi connectivity index (χ0n) is 22.5. The smallest absolute Gasteiger partial charge is 0.287 e. The Morgan fingerprint density at radius 2 is 1.61 bits per heavy atom. The molecular weight excluding hydrogens is 544 g/mol. The summed E-state index contributed by atoms with van der Waals surface area (Å²) < 4.78 is 32.8. The van der Waals surface area contributed by atoms with E-state index < -0.39 is 21.6 Å². The second-order valence-corrected chi connectivity index (χ2v) is 11.1. The highest BCUT2D eigenvalue weighted by Crippen LogP contribution is 2.23. The Bertz CT molecular complexity index is 1560. The Kier molecular flexibility index (Phi) is 9.68. The molecule has 3 N–H and O–H groups in total. The fourth-order valence-electron chi connectivity index (χ4n) is 4.13. The molecule has 1 saturated heterocycles. The van der Waals surface area contributed by atoms with Crippen LogP contribution in [-0.2, 0) is 14.8 Å². The number of piperidine rings is 1. The molecular formula is C29H30N6O5S. The molecule has 0 aromatic heterocycles. The predicted octanol–water partition coefficient (Wildman–Crippen LogP) is 4.44. The summed E-state index contributed by atoms with van der Waals surface area (Å²) in [6.45, 7) is 3.37. The van der Waals surface area contributed by atoms with Crippen molar-refractivity contribution < 1.29 is 22.7 Å². The number of carbonyl (C=O) groups is 2. The lowest BCUT2D eigenvalue weighted by atomic mass is 10.2. The molecule has 4 rings (SSSR count). The summed E-state index contributed by atoms with van der Waals surface area (Å²) in [7, 11) is -3.68. The molecule has 3 aromatic rings. The SMILES string of the molecule is CCOc1ccc(NC(=O)c2ccc(N/N=C(\C#N)C(=O)Nc3cccc(S(=O)(=O)N4CCCCC4)c3)cc2)cc1. The molecule has 0 atom stereocenters. The Morgan fingerprint density at radius 3 is 2.27 bits per heavy atom. The summed E-state index contributed by atoms with van der Waals surface area (Å²) >= 11 is 0. The van der Waals surface area contributed by atoms with Crippen LogP contribution in [0.25, 0.3) is 0 Å². The molecule has 0 unspecified atom stereocenters. The van der Waals surface area contributed by atoms with Crippen LogP contribution in [0.1, 0.15) is 36.5 Å². The molecule has 2 amide bonds. The van der Waals surface area contributed by atoms with Gasteiger partial charge in [0.15, 0.2) is 0 Å². The molecule has 1 aliphatic heterocycles. The molecule has 212 valence electrons. The third-order valence-electron chi connectivity index (χ3n) is 6.23. The van der Waals surface area contributed by atoms with E-state index in [0.717, 1.165) is 19.3 Å². The first-order valence-electron chi connectivity index (χ1n) is 13.1. The number of ether oxygens (including phenoxy) is 1. The van der Waals surface area contributed by atoms with Crippen LogP contribution in [0.2, 0.25) is 0 Å². The maximum atomic E-state index is 13.0. The second kappa shape index (κ2) is 13.6. The van der Waals surface area contributed by atoms with Gasteiger partial charge in [-0.05, 0) is 86.5 Å². The average Bonchev–Trinajstić information content (AvgIpc) is 2.99. The van der Waals surface area contributed by atoms with Gasteiger partial charge in [-0.2, -0.15) is 14.7 Å². The first-order valence-corrected chi connectivity index (χ1v) is 14.5. The van der Waals surface area contributed by atoms with Crippen molar-refractivity contribution in [3.8, 4) is 11.8 Å². The Labute approximate surface area is 238 Å². The number of benzene rings is 3. The van der Waals surface area contributed by atoms with Gasteiger partial charge in [0, 0.05) is 30.0 Å². The number of rotatable bonds is 10. The van der Waals surface area contributed by atoms with Crippen molar-refractivity contribution in [1.29, 1.82) is 5.26 Å². The van der Waals surface area contributed by atoms with Crippen LogP contribution in [0.5, 0.6) is 5.75 Å². The van der Waals surface area contributed by atoms with Crippen molar-refractivity contribution in [2.45, 2.75) is 31.1 Å². The molecule has 1 fully saturated rings. The van der Waals surface area contributed by atoms with Crippen LogP contribution in [0.3, 0.4) is 0 Å². The number of sulfonamides is 1. The number of nitrogens with zero attached hydrogens (tertiary/aromatic N) is 3. The fourth-order valence-corrected chi connectivity index (χ4v) is 5.69. The number of amides is 2. The fraction of sp³-hybridized carbons (Fsp3) is 0.241. The maximum Gasteiger partial charge on any atom is 0.287 e. The first-order chi connectivity index (χ1) is 19.8. The summed E-state index contributed by atoms with van der Waals surface area (Å²) in [5.41, 5.74) is 3.84. The van der Waals surface area contributed by atoms with Crippen molar-refractivity contribution >= 4 is 44.6 Å². The number of nitrogens with one attached hydrogen (secondary N) is 3. The third-order valence-corrected chi connectivity index (χ3v) is 8.13. The molecule has 0 bridgehead atoms. The second-order valence-electron chi connectivity index (χ2n) is 9.12. The Hall–Kier alpha value is -4.73. The number of nitriles is 1. The number of anilines is 3. The topological polar surface area (TPSA) is 153 Å². The standard InChI is InChI=1S/C29H30N6O5S/c1-2-40-25-15-13-22(14-16-25)31-28(36)21-9-11-23(12-10-21)33-34-27(20-30)29(37)32-24-7-6-8-26(19-24)41(38,39)35-17-4-3-5-18-35/h6-16,19,33H,2-5,17-18H2,1H3,(H,31,36)(H,32,37)/b34-27+. The lowest BCUT2D eigenvalue weighted by molar-refractivity contribution is -0.110. The number of hydrogen-bond donors (Lipinski definition) is 3. The van der Waals surface area contributed by atoms with Gasteiger partial charge in [-0.15, -0.1) is 0 Å². The van der Waals surface area contributed by atoms with Crippen molar-refractivity contribution in [1.82, 2.24) is 4.31 Å². The minimum Gasteiger partial charge on any atom is -0.494 e. The lowest BCUT2D eigenvalue weighted by Gasteiger charge is -2.26. The van der Waals surface area contributed by atoms with Gasteiger partial charge in [0.05, 0.1) is 17.2 Å². The number of hydrogen-bond acceptors (Lipinski definition) is 8. The average molecular weight is 575 g/mol. The van der Waals surface area contributed by atoms with E-state index in [0.29, 0.717) is 42.4 Å². The van der Waals surface area contributed by atoms with Gasteiger partial charge in [0.1, 0.15) is 11.8 Å². The Morgan fingerprint density at radius 1 is 0.927 bits per heavy atom. The zero-order chi connectivity index (χ0) is 29.2. The summed E-state index contributed by atoms with van der Waals surface area (Å²) in [4.78, 5) is 25.3. The quantitative estimate of drug-likeness (QED) is 0.239. The summed E-state index contributed by atoms with van der Waals surface area (Å²) in [5.74, 6) is -0.411. The minimum atomic E-state index is -3.68. The van der Waals surface area contributed by atoms with E-state index in [4.69, 9.17) is 4.74 Å². The van der Waals surface area contributed by atoms with E-state index in [2.05, 4.69) is 21.2 Å². The van der Waals surface area contributed by atoms with Crippen LogP contribution >= 0.6 is 0 Å². The minimum absolute atomic E-state index is 0.0671. The molecule has 0 aliphatic carbocycles. The molecule has 1 aliphatic rings. The zero-order valence-corrected chi connectivity index (χ0v) is 23.3. The normalized spacial score (nSPS) is 14.0. The molecule has 0 saturated carbocycles. The predicted molar refractivity (Wildman–Crippen MR) is 156 cm³/mol. The van der Waals surface area contributed by atoms with E-state index >= 15 is 0 Å². The molecule has 0 spiro atoms. The van der Waals surface area contributed by atoms with Gasteiger partial charge in [0.25, 0.3) is 11.8 Å². The molecule has 12 heteroatoms. The van der Waals surface area contributed by atoms with Gasteiger partial charge >= 0.3 is 0 Å². The van der Waals surface area contributed by atoms with E-state index in [1.807, 2.05) is 6.92 Å².